The minimum absolute atomic E-state index is 0.0469. The van der Waals surface area contributed by atoms with Crippen LogP contribution in [-0.4, -0.2) is 5.97 Å². The molecular formula is C17H21ClO2. The van der Waals surface area contributed by atoms with Gasteiger partial charge in [0.1, 0.15) is 5.75 Å². The highest BCUT2D eigenvalue weighted by atomic mass is 35.5. The van der Waals surface area contributed by atoms with Crippen molar-refractivity contribution < 1.29 is 9.53 Å². The Morgan fingerprint density at radius 2 is 1.90 bits per heavy atom. The Morgan fingerprint density at radius 1 is 1.25 bits per heavy atom. The van der Waals surface area contributed by atoms with Gasteiger partial charge in [0, 0.05) is 5.02 Å². The monoisotopic (exact) mass is 292 g/mol. The minimum Gasteiger partial charge on any atom is -0.426 e. The van der Waals surface area contributed by atoms with Gasteiger partial charge in [-0.25, -0.2) is 0 Å². The SMILES string of the molecule is C=CCC[C@H]1CC[C@H](C(=O)Oc2ccc(Cl)cc2)CC1. The van der Waals surface area contributed by atoms with Crippen LogP contribution in [0, 0.1) is 11.8 Å². The summed E-state index contributed by atoms with van der Waals surface area (Å²) in [5.74, 6) is 1.26. The molecule has 108 valence electrons. The van der Waals surface area contributed by atoms with Crippen molar-refractivity contribution in [3.63, 3.8) is 0 Å². The van der Waals surface area contributed by atoms with E-state index in [-0.39, 0.29) is 11.9 Å². The van der Waals surface area contributed by atoms with E-state index in [0.29, 0.717) is 10.8 Å². The van der Waals surface area contributed by atoms with Crippen molar-refractivity contribution in [1.82, 2.24) is 0 Å². The summed E-state index contributed by atoms with van der Waals surface area (Å²) in [6, 6.07) is 6.93. The van der Waals surface area contributed by atoms with E-state index in [0.717, 1.165) is 38.0 Å². The molecule has 0 N–H and O–H groups in total. The molecule has 0 aromatic heterocycles. The summed E-state index contributed by atoms with van der Waals surface area (Å²) in [4.78, 5) is 12.1. The van der Waals surface area contributed by atoms with Crippen LogP contribution in [-0.2, 0) is 4.79 Å². The number of carbonyl (C=O) groups excluding carboxylic acids is 1. The molecule has 20 heavy (non-hydrogen) atoms. The third-order valence-corrected chi connectivity index (χ3v) is 4.24. The van der Waals surface area contributed by atoms with E-state index in [2.05, 4.69) is 6.58 Å². The van der Waals surface area contributed by atoms with Crippen molar-refractivity contribution in [1.29, 1.82) is 0 Å². The van der Waals surface area contributed by atoms with Gasteiger partial charge in [0.05, 0.1) is 5.92 Å². The average Bonchev–Trinajstić information content (AvgIpc) is 2.48. The Hall–Kier alpha value is -1.28. The van der Waals surface area contributed by atoms with Gasteiger partial charge in [0.2, 0.25) is 0 Å². The van der Waals surface area contributed by atoms with Gasteiger partial charge in [-0.05, 0) is 68.7 Å². The van der Waals surface area contributed by atoms with Crippen molar-refractivity contribution >= 4 is 17.6 Å². The van der Waals surface area contributed by atoms with Crippen molar-refractivity contribution in [2.24, 2.45) is 11.8 Å². The Balaban J connectivity index is 1.79. The lowest BCUT2D eigenvalue weighted by molar-refractivity contribution is -0.140. The van der Waals surface area contributed by atoms with Gasteiger partial charge in [-0.1, -0.05) is 17.7 Å². The number of esters is 1. The van der Waals surface area contributed by atoms with Gasteiger partial charge in [-0.15, -0.1) is 6.58 Å². The van der Waals surface area contributed by atoms with E-state index >= 15 is 0 Å². The second kappa shape index (κ2) is 7.49. The number of rotatable bonds is 5. The smallest absolute Gasteiger partial charge is 0.314 e. The first-order valence-electron chi connectivity index (χ1n) is 7.27. The molecule has 1 aliphatic carbocycles. The number of benzene rings is 1. The van der Waals surface area contributed by atoms with Crippen LogP contribution in [0.4, 0.5) is 0 Å². The lowest BCUT2D eigenvalue weighted by atomic mass is 9.80. The molecule has 0 unspecified atom stereocenters. The molecule has 0 bridgehead atoms. The molecule has 0 heterocycles. The molecule has 1 aliphatic rings. The molecule has 2 nitrogen and oxygen atoms in total. The Kier molecular flexibility index (Phi) is 5.66. The predicted octanol–water partition coefficient (Wildman–Crippen LogP) is 5.02. The molecule has 0 amide bonds. The summed E-state index contributed by atoms with van der Waals surface area (Å²) < 4.78 is 5.41. The molecule has 1 aromatic carbocycles. The summed E-state index contributed by atoms with van der Waals surface area (Å²) in [5.41, 5.74) is 0. The minimum atomic E-state index is -0.102. The van der Waals surface area contributed by atoms with E-state index in [1.807, 2.05) is 6.08 Å². The number of ether oxygens (including phenoxy) is 1. The number of allylic oxidation sites excluding steroid dienone is 1. The van der Waals surface area contributed by atoms with Crippen LogP contribution in [0.15, 0.2) is 36.9 Å². The first-order chi connectivity index (χ1) is 9.69. The largest absolute Gasteiger partial charge is 0.426 e. The molecule has 1 saturated carbocycles. The van der Waals surface area contributed by atoms with Crippen molar-refractivity contribution in [3.05, 3.63) is 41.9 Å². The summed E-state index contributed by atoms with van der Waals surface area (Å²) in [7, 11) is 0. The van der Waals surface area contributed by atoms with Crippen LogP contribution in [0.25, 0.3) is 0 Å². The second-order valence-corrected chi connectivity index (χ2v) is 5.90. The first-order valence-corrected chi connectivity index (χ1v) is 7.65. The summed E-state index contributed by atoms with van der Waals surface area (Å²) in [6.07, 6.45) is 8.36. The van der Waals surface area contributed by atoms with Crippen molar-refractivity contribution in [3.8, 4) is 5.75 Å². The van der Waals surface area contributed by atoms with Gasteiger partial charge in [-0.3, -0.25) is 4.79 Å². The van der Waals surface area contributed by atoms with Crippen LogP contribution >= 0.6 is 11.6 Å². The maximum absolute atomic E-state index is 12.1. The zero-order valence-corrected chi connectivity index (χ0v) is 12.4. The van der Waals surface area contributed by atoms with Crippen molar-refractivity contribution in [2.45, 2.75) is 38.5 Å². The molecule has 0 saturated heterocycles. The van der Waals surface area contributed by atoms with Crippen LogP contribution in [0.2, 0.25) is 5.02 Å². The highest BCUT2D eigenvalue weighted by molar-refractivity contribution is 6.30. The second-order valence-electron chi connectivity index (χ2n) is 5.46. The third kappa shape index (κ3) is 4.38. The molecule has 3 heteroatoms. The van der Waals surface area contributed by atoms with Crippen LogP contribution in [0.3, 0.4) is 0 Å². The quantitative estimate of drug-likeness (QED) is 0.433. The third-order valence-electron chi connectivity index (χ3n) is 3.99. The fraction of sp³-hybridized carbons (Fsp3) is 0.471. The lowest BCUT2D eigenvalue weighted by Crippen LogP contribution is -2.25. The molecule has 0 spiro atoms. The normalized spacial score (nSPS) is 22.2. The van der Waals surface area contributed by atoms with Gasteiger partial charge >= 0.3 is 5.97 Å². The fourth-order valence-electron chi connectivity index (χ4n) is 2.74. The average molecular weight is 293 g/mol. The zero-order chi connectivity index (χ0) is 14.4. The number of hydrogen-bond donors (Lipinski definition) is 0. The van der Waals surface area contributed by atoms with Gasteiger partial charge < -0.3 is 4.74 Å². The van der Waals surface area contributed by atoms with E-state index in [4.69, 9.17) is 16.3 Å². The van der Waals surface area contributed by atoms with Crippen LogP contribution in [0.5, 0.6) is 5.75 Å². The topological polar surface area (TPSA) is 26.3 Å². The Morgan fingerprint density at radius 3 is 2.50 bits per heavy atom. The van der Waals surface area contributed by atoms with Crippen LogP contribution in [0.1, 0.15) is 38.5 Å². The molecule has 0 radical (unpaired) electrons. The van der Waals surface area contributed by atoms with Gasteiger partial charge in [-0.2, -0.15) is 0 Å². The molecular weight excluding hydrogens is 272 g/mol. The summed E-state index contributed by atoms with van der Waals surface area (Å²) >= 11 is 5.81. The Bertz CT molecular complexity index is 445. The maximum Gasteiger partial charge on any atom is 0.314 e. The van der Waals surface area contributed by atoms with Crippen molar-refractivity contribution in [2.75, 3.05) is 0 Å². The Labute approximate surface area is 125 Å². The molecule has 2 rings (SSSR count). The molecule has 1 aromatic rings. The number of carbonyl (C=O) groups is 1. The highest BCUT2D eigenvalue weighted by Gasteiger charge is 2.27. The standard InChI is InChI=1S/C17H21ClO2/c1-2-3-4-13-5-7-14(8-6-13)17(19)20-16-11-9-15(18)10-12-16/h2,9-14H,1,3-8H2/t13-,14-. The molecule has 1 fully saturated rings. The predicted molar refractivity (Wildman–Crippen MR) is 82.0 cm³/mol. The lowest BCUT2D eigenvalue weighted by Gasteiger charge is -2.26. The van der Waals surface area contributed by atoms with E-state index in [1.165, 1.54) is 6.42 Å². The number of halogens is 1. The van der Waals surface area contributed by atoms with Gasteiger partial charge in [0.25, 0.3) is 0 Å². The summed E-state index contributed by atoms with van der Waals surface area (Å²) in [5, 5.41) is 0.646. The first kappa shape index (κ1) is 15.1. The van der Waals surface area contributed by atoms with E-state index in [9.17, 15) is 4.79 Å². The zero-order valence-electron chi connectivity index (χ0n) is 11.7. The summed E-state index contributed by atoms with van der Waals surface area (Å²) in [6.45, 7) is 3.76. The fourth-order valence-corrected chi connectivity index (χ4v) is 2.87. The van der Waals surface area contributed by atoms with Crippen LogP contribution < -0.4 is 4.74 Å². The van der Waals surface area contributed by atoms with E-state index < -0.39 is 0 Å². The molecule has 0 aliphatic heterocycles. The number of hydrogen-bond acceptors (Lipinski definition) is 2. The van der Waals surface area contributed by atoms with Gasteiger partial charge in [0.15, 0.2) is 0 Å². The maximum atomic E-state index is 12.1. The molecule has 0 atom stereocenters. The highest BCUT2D eigenvalue weighted by Crippen LogP contribution is 2.32. The van der Waals surface area contributed by atoms with E-state index in [1.54, 1.807) is 24.3 Å².